The van der Waals surface area contributed by atoms with E-state index in [4.69, 9.17) is 9.47 Å². The molecule has 38 heavy (non-hydrogen) atoms. The Morgan fingerprint density at radius 2 is 1.87 bits per heavy atom. The van der Waals surface area contributed by atoms with Gasteiger partial charge in [0.15, 0.2) is 0 Å². The minimum Gasteiger partial charge on any atom is -0.489 e. The van der Waals surface area contributed by atoms with Crippen LogP contribution in [0.15, 0.2) is 84.4 Å². The van der Waals surface area contributed by atoms with Crippen LogP contribution in [0.25, 0.3) is 0 Å². The fraction of sp³-hybridized carbons (Fsp3) is 0.312. The van der Waals surface area contributed by atoms with Crippen LogP contribution in [0.3, 0.4) is 0 Å². The zero-order valence-electron chi connectivity index (χ0n) is 21.8. The van der Waals surface area contributed by atoms with Gasteiger partial charge in [-0.2, -0.15) is 0 Å². The van der Waals surface area contributed by atoms with Crippen LogP contribution in [0, 0.1) is 0 Å². The van der Waals surface area contributed by atoms with Gasteiger partial charge in [0.1, 0.15) is 11.9 Å². The molecule has 3 aromatic carbocycles. The molecule has 6 heteroatoms. The number of carbonyl (C=O) groups excluding carboxylic acids is 1. The van der Waals surface area contributed by atoms with Crippen LogP contribution < -0.4 is 10.1 Å². The lowest BCUT2D eigenvalue weighted by atomic mass is 9.66. The van der Waals surface area contributed by atoms with Crippen molar-refractivity contribution in [3.63, 3.8) is 0 Å². The number of esters is 1. The van der Waals surface area contributed by atoms with E-state index in [-0.39, 0.29) is 11.7 Å². The van der Waals surface area contributed by atoms with Crippen LogP contribution in [0.1, 0.15) is 70.4 Å². The van der Waals surface area contributed by atoms with Gasteiger partial charge in [0.2, 0.25) is 0 Å². The van der Waals surface area contributed by atoms with E-state index in [1.165, 1.54) is 18.2 Å². The molecule has 1 aliphatic heterocycles. The Bertz CT molecular complexity index is 1370. The Kier molecular flexibility index (Phi) is 7.23. The molecule has 0 amide bonds. The second kappa shape index (κ2) is 10.7. The number of fused-ring (bicyclic) bond motifs is 1. The van der Waals surface area contributed by atoms with Crippen molar-refractivity contribution >= 4 is 17.6 Å². The minimum absolute atomic E-state index is 0.237. The highest BCUT2D eigenvalue weighted by Gasteiger charge is 2.49. The standard InChI is InChI=1S/C32H33NO5/c1-3-29(38-26-11-7-10-24(18-26)31(36)37-2)32(20-33-28-19-23(30(34)35)14-17-27(28)32)25-15-12-22(13-16-25)21-8-5-4-6-9-21/h4-11,14-15,17-19,22,29,33H,3,12-13,16,20H2,1-2H3,(H,34,35). The smallest absolute Gasteiger partial charge is 0.337 e. The summed E-state index contributed by atoms with van der Waals surface area (Å²) < 4.78 is 11.6. The number of ether oxygens (including phenoxy) is 2. The number of anilines is 1. The average molecular weight is 512 g/mol. The predicted octanol–water partition coefficient (Wildman–Crippen LogP) is 6.59. The van der Waals surface area contributed by atoms with Crippen LogP contribution in [0.2, 0.25) is 0 Å². The number of hydrogen-bond acceptors (Lipinski definition) is 5. The number of methoxy groups -OCH3 is 1. The molecule has 3 aromatic rings. The number of rotatable bonds is 8. The summed E-state index contributed by atoms with van der Waals surface area (Å²) in [5.74, 6) is -0.280. The lowest BCUT2D eigenvalue weighted by Gasteiger charge is -2.41. The molecule has 0 bridgehead atoms. The molecular formula is C32H33NO5. The number of carbonyl (C=O) groups is 2. The van der Waals surface area contributed by atoms with Gasteiger partial charge in [-0.25, -0.2) is 9.59 Å². The van der Waals surface area contributed by atoms with Crippen molar-refractivity contribution < 1.29 is 24.2 Å². The van der Waals surface area contributed by atoms with Gasteiger partial charge in [-0.05, 0) is 73.1 Å². The maximum atomic E-state index is 12.1. The van der Waals surface area contributed by atoms with Crippen LogP contribution >= 0.6 is 0 Å². The summed E-state index contributed by atoms with van der Waals surface area (Å²) in [6.07, 6.45) is 5.76. The molecule has 0 fully saturated rings. The molecule has 5 rings (SSSR count). The van der Waals surface area contributed by atoms with Gasteiger partial charge in [0.25, 0.3) is 0 Å². The summed E-state index contributed by atoms with van der Waals surface area (Å²) in [5.41, 5.74) is 4.79. The van der Waals surface area contributed by atoms with Crippen LogP contribution in [-0.4, -0.2) is 36.8 Å². The van der Waals surface area contributed by atoms with E-state index >= 15 is 0 Å². The first-order valence-corrected chi connectivity index (χ1v) is 13.2. The zero-order chi connectivity index (χ0) is 26.7. The number of hydrogen-bond donors (Lipinski definition) is 2. The van der Waals surface area contributed by atoms with E-state index in [0.717, 1.165) is 36.9 Å². The van der Waals surface area contributed by atoms with Crippen molar-refractivity contribution in [1.29, 1.82) is 0 Å². The summed E-state index contributed by atoms with van der Waals surface area (Å²) in [6, 6.07) is 23.1. The van der Waals surface area contributed by atoms with Crippen molar-refractivity contribution in [2.75, 3.05) is 19.0 Å². The lowest BCUT2D eigenvalue weighted by Crippen LogP contribution is -2.47. The van der Waals surface area contributed by atoms with Gasteiger partial charge in [0, 0.05) is 12.2 Å². The van der Waals surface area contributed by atoms with E-state index in [1.54, 1.807) is 30.3 Å². The molecule has 6 nitrogen and oxygen atoms in total. The van der Waals surface area contributed by atoms with Crippen LogP contribution in [-0.2, 0) is 10.2 Å². The van der Waals surface area contributed by atoms with Gasteiger partial charge in [-0.1, -0.05) is 61.0 Å². The van der Waals surface area contributed by atoms with Crippen molar-refractivity contribution in [2.45, 2.75) is 50.0 Å². The molecule has 0 saturated heterocycles. The molecule has 196 valence electrons. The molecular weight excluding hydrogens is 478 g/mol. The van der Waals surface area contributed by atoms with E-state index in [2.05, 4.69) is 42.6 Å². The van der Waals surface area contributed by atoms with Gasteiger partial charge in [-0.3, -0.25) is 0 Å². The fourth-order valence-corrected chi connectivity index (χ4v) is 6.10. The van der Waals surface area contributed by atoms with E-state index < -0.39 is 17.4 Å². The highest BCUT2D eigenvalue weighted by Crippen LogP contribution is 2.50. The second-order valence-corrected chi connectivity index (χ2v) is 10.0. The highest BCUT2D eigenvalue weighted by molar-refractivity contribution is 5.90. The Balaban J connectivity index is 1.55. The van der Waals surface area contributed by atoms with Crippen molar-refractivity contribution in [2.24, 2.45) is 0 Å². The highest BCUT2D eigenvalue weighted by atomic mass is 16.5. The predicted molar refractivity (Wildman–Crippen MR) is 147 cm³/mol. The minimum atomic E-state index is -0.947. The maximum Gasteiger partial charge on any atom is 0.337 e. The molecule has 3 unspecified atom stereocenters. The third-order valence-electron chi connectivity index (χ3n) is 8.01. The summed E-state index contributed by atoms with van der Waals surface area (Å²) in [6.45, 7) is 2.72. The van der Waals surface area contributed by atoms with Gasteiger partial charge >= 0.3 is 11.9 Å². The SMILES string of the molecule is CCC(Oc1cccc(C(=O)OC)c1)C1(C2=CCC(c3ccccc3)CC2)CNc2cc(C(=O)O)ccc21. The molecule has 1 aliphatic carbocycles. The fourth-order valence-electron chi connectivity index (χ4n) is 6.10. The number of benzene rings is 3. The third kappa shape index (κ3) is 4.67. The Morgan fingerprint density at radius 3 is 2.55 bits per heavy atom. The quantitative estimate of drug-likeness (QED) is 0.262. The number of allylic oxidation sites excluding steroid dienone is 1. The van der Waals surface area contributed by atoms with Crippen molar-refractivity contribution in [1.82, 2.24) is 0 Å². The van der Waals surface area contributed by atoms with E-state index in [1.807, 2.05) is 18.2 Å². The molecule has 0 spiro atoms. The largest absolute Gasteiger partial charge is 0.489 e. The Hall–Kier alpha value is -4.06. The molecule has 2 aliphatic rings. The van der Waals surface area contributed by atoms with E-state index in [9.17, 15) is 14.7 Å². The maximum absolute atomic E-state index is 12.1. The van der Waals surface area contributed by atoms with Crippen molar-refractivity contribution in [3.05, 3.63) is 107 Å². The summed E-state index contributed by atoms with van der Waals surface area (Å²) >= 11 is 0. The molecule has 0 saturated carbocycles. The number of nitrogens with one attached hydrogen (secondary N) is 1. The first-order valence-electron chi connectivity index (χ1n) is 13.2. The second-order valence-electron chi connectivity index (χ2n) is 10.0. The lowest BCUT2D eigenvalue weighted by molar-refractivity contribution is 0.0598. The normalized spacial score (nSPS) is 21.0. The average Bonchev–Trinajstić information content (AvgIpc) is 3.35. The van der Waals surface area contributed by atoms with Crippen LogP contribution in [0.4, 0.5) is 5.69 Å². The van der Waals surface area contributed by atoms with E-state index in [0.29, 0.717) is 23.8 Å². The van der Waals surface area contributed by atoms with Gasteiger partial charge in [0.05, 0.1) is 23.7 Å². The van der Waals surface area contributed by atoms with Gasteiger partial charge in [-0.15, -0.1) is 0 Å². The first-order chi connectivity index (χ1) is 18.5. The molecule has 0 radical (unpaired) electrons. The molecule has 3 atom stereocenters. The topological polar surface area (TPSA) is 84.9 Å². The Morgan fingerprint density at radius 1 is 1.05 bits per heavy atom. The third-order valence-corrected chi connectivity index (χ3v) is 8.01. The first kappa shape index (κ1) is 25.6. The molecule has 0 aromatic heterocycles. The number of carboxylic acid groups (broad SMARTS) is 1. The summed E-state index contributed by atoms with van der Waals surface area (Å²) in [5, 5.41) is 13.1. The number of aromatic carboxylic acids is 1. The summed E-state index contributed by atoms with van der Waals surface area (Å²) in [4.78, 5) is 23.8. The molecule has 1 heterocycles. The molecule has 2 N–H and O–H groups in total. The monoisotopic (exact) mass is 511 g/mol. The Labute approximate surface area is 223 Å². The summed E-state index contributed by atoms with van der Waals surface area (Å²) in [7, 11) is 1.37. The van der Waals surface area contributed by atoms with Gasteiger partial charge < -0.3 is 19.9 Å². The number of carboxylic acids is 1. The zero-order valence-corrected chi connectivity index (χ0v) is 21.8. The van der Waals surface area contributed by atoms with Crippen molar-refractivity contribution in [3.8, 4) is 5.75 Å². The van der Waals surface area contributed by atoms with Crippen LogP contribution in [0.5, 0.6) is 5.75 Å².